The van der Waals surface area contributed by atoms with E-state index in [2.05, 4.69) is 45.1 Å². The van der Waals surface area contributed by atoms with Gasteiger partial charge in [0.1, 0.15) is 0 Å². The van der Waals surface area contributed by atoms with Gasteiger partial charge >= 0.3 is 0 Å². The molecule has 0 aromatic heterocycles. The highest BCUT2D eigenvalue weighted by molar-refractivity contribution is 6.31. The van der Waals surface area contributed by atoms with Crippen LogP contribution in [-0.2, 0) is 0 Å². The zero-order chi connectivity index (χ0) is 11.2. The highest BCUT2D eigenvalue weighted by Crippen LogP contribution is 2.40. The van der Waals surface area contributed by atoms with Crippen molar-refractivity contribution in [1.29, 1.82) is 0 Å². The molecule has 0 saturated carbocycles. The molecular weight excluding hydrogens is 206 g/mol. The van der Waals surface area contributed by atoms with Gasteiger partial charge in [0.2, 0.25) is 0 Å². The van der Waals surface area contributed by atoms with Crippen LogP contribution in [0.5, 0.6) is 0 Å². The van der Waals surface area contributed by atoms with E-state index in [-0.39, 0.29) is 5.54 Å². The first-order valence-electron chi connectivity index (χ1n) is 5.47. The van der Waals surface area contributed by atoms with Crippen LogP contribution in [-0.4, -0.2) is 5.54 Å². The Bertz CT molecular complexity index is 396. The van der Waals surface area contributed by atoms with Gasteiger partial charge in [-0.3, -0.25) is 0 Å². The van der Waals surface area contributed by atoms with Crippen molar-refractivity contribution in [2.24, 2.45) is 0 Å². The Morgan fingerprint density at radius 2 is 2.07 bits per heavy atom. The minimum Gasteiger partial charge on any atom is -0.380 e. The van der Waals surface area contributed by atoms with Crippen LogP contribution in [0.15, 0.2) is 12.1 Å². The highest BCUT2D eigenvalue weighted by atomic mass is 35.5. The number of hydrogen-bond donors (Lipinski definition) is 1. The summed E-state index contributed by atoms with van der Waals surface area (Å²) in [5.74, 6) is 0.578. The average Bonchev–Trinajstić information content (AvgIpc) is 2.07. The molecule has 1 aromatic carbocycles. The van der Waals surface area contributed by atoms with Crippen LogP contribution >= 0.6 is 11.6 Å². The van der Waals surface area contributed by atoms with Crippen LogP contribution in [0, 0.1) is 6.92 Å². The lowest BCUT2D eigenvalue weighted by Crippen LogP contribution is -2.36. The molecule has 0 aliphatic carbocycles. The van der Waals surface area contributed by atoms with Crippen molar-refractivity contribution in [2.45, 2.75) is 45.6 Å². The van der Waals surface area contributed by atoms with Crippen LogP contribution in [0.25, 0.3) is 0 Å². The number of hydrogen-bond acceptors (Lipinski definition) is 1. The standard InChI is InChI=1S/C13H18ClN/c1-8-5-12-10(6-11(8)14)9(2)7-13(3,4)15-12/h5-6,9,15H,7H2,1-4H3. The van der Waals surface area contributed by atoms with E-state index < -0.39 is 0 Å². The molecule has 1 atom stereocenters. The zero-order valence-corrected chi connectivity index (χ0v) is 10.6. The Labute approximate surface area is 96.8 Å². The van der Waals surface area contributed by atoms with E-state index in [0.29, 0.717) is 5.92 Å². The van der Waals surface area contributed by atoms with Crippen molar-refractivity contribution in [3.8, 4) is 0 Å². The summed E-state index contributed by atoms with van der Waals surface area (Å²) in [4.78, 5) is 0. The van der Waals surface area contributed by atoms with Gasteiger partial charge in [-0.15, -0.1) is 0 Å². The van der Waals surface area contributed by atoms with Crippen LogP contribution < -0.4 is 5.32 Å². The number of fused-ring (bicyclic) bond motifs is 1. The lowest BCUT2D eigenvalue weighted by molar-refractivity contribution is 0.454. The van der Waals surface area contributed by atoms with Crippen molar-refractivity contribution in [3.05, 3.63) is 28.3 Å². The highest BCUT2D eigenvalue weighted by Gasteiger charge is 2.29. The summed E-state index contributed by atoms with van der Waals surface area (Å²) < 4.78 is 0. The van der Waals surface area contributed by atoms with Gasteiger partial charge in [0.25, 0.3) is 0 Å². The molecule has 82 valence electrons. The average molecular weight is 224 g/mol. The largest absolute Gasteiger partial charge is 0.380 e. The van der Waals surface area contributed by atoms with Gasteiger partial charge in [0.15, 0.2) is 0 Å². The number of benzene rings is 1. The SMILES string of the molecule is Cc1cc2c(cc1Cl)C(C)CC(C)(C)N2. The van der Waals surface area contributed by atoms with Crippen LogP contribution in [0.1, 0.15) is 44.2 Å². The summed E-state index contributed by atoms with van der Waals surface area (Å²) in [6.07, 6.45) is 1.15. The molecule has 0 saturated heterocycles. The second-order valence-corrected chi connectivity index (χ2v) is 5.71. The van der Waals surface area contributed by atoms with Crippen LogP contribution in [0.3, 0.4) is 0 Å². The monoisotopic (exact) mass is 223 g/mol. The maximum Gasteiger partial charge on any atom is 0.0439 e. The minimum absolute atomic E-state index is 0.187. The van der Waals surface area contributed by atoms with E-state index in [1.165, 1.54) is 11.3 Å². The van der Waals surface area contributed by atoms with Crippen molar-refractivity contribution < 1.29 is 0 Å². The molecule has 15 heavy (non-hydrogen) atoms. The summed E-state index contributed by atoms with van der Waals surface area (Å²) in [6.45, 7) is 8.82. The molecule has 1 nitrogen and oxygen atoms in total. The topological polar surface area (TPSA) is 12.0 Å². The van der Waals surface area contributed by atoms with Gasteiger partial charge in [0, 0.05) is 16.2 Å². The molecule has 2 rings (SSSR count). The second-order valence-electron chi connectivity index (χ2n) is 5.30. The smallest absolute Gasteiger partial charge is 0.0439 e. The molecule has 0 amide bonds. The maximum absolute atomic E-state index is 6.15. The third kappa shape index (κ3) is 1.98. The molecule has 1 N–H and O–H groups in total. The van der Waals surface area contributed by atoms with Crippen molar-refractivity contribution in [1.82, 2.24) is 0 Å². The Kier molecular flexibility index (Phi) is 2.46. The summed E-state index contributed by atoms with van der Waals surface area (Å²) in [5, 5.41) is 4.45. The van der Waals surface area contributed by atoms with Gasteiger partial charge in [0.05, 0.1) is 0 Å². The lowest BCUT2D eigenvalue weighted by Gasteiger charge is -2.38. The van der Waals surface area contributed by atoms with E-state index in [1.807, 2.05) is 0 Å². The molecule has 0 radical (unpaired) electrons. The summed E-state index contributed by atoms with van der Waals surface area (Å²) in [5.41, 5.74) is 3.94. The van der Waals surface area contributed by atoms with E-state index in [4.69, 9.17) is 11.6 Å². The Morgan fingerprint density at radius 3 is 2.73 bits per heavy atom. The Morgan fingerprint density at radius 1 is 1.40 bits per heavy atom. The van der Waals surface area contributed by atoms with Crippen LogP contribution in [0.2, 0.25) is 5.02 Å². The second kappa shape index (κ2) is 3.41. The Hall–Kier alpha value is -0.690. The van der Waals surface area contributed by atoms with Gasteiger partial charge in [-0.1, -0.05) is 18.5 Å². The van der Waals surface area contributed by atoms with Gasteiger partial charge in [-0.05, 0) is 56.4 Å². The maximum atomic E-state index is 6.15. The van der Waals surface area contributed by atoms with Crippen molar-refractivity contribution >= 4 is 17.3 Å². The van der Waals surface area contributed by atoms with Gasteiger partial charge < -0.3 is 5.32 Å². The van der Waals surface area contributed by atoms with Gasteiger partial charge in [-0.2, -0.15) is 0 Å². The molecule has 1 aliphatic heterocycles. The normalized spacial score (nSPS) is 23.1. The lowest BCUT2D eigenvalue weighted by atomic mass is 9.81. The molecule has 1 aliphatic rings. The molecule has 2 heteroatoms. The number of nitrogens with one attached hydrogen (secondary N) is 1. The van der Waals surface area contributed by atoms with Crippen LogP contribution in [0.4, 0.5) is 5.69 Å². The quantitative estimate of drug-likeness (QED) is 0.690. The van der Waals surface area contributed by atoms with E-state index in [9.17, 15) is 0 Å². The van der Waals surface area contributed by atoms with Gasteiger partial charge in [-0.25, -0.2) is 0 Å². The number of rotatable bonds is 0. The fraction of sp³-hybridized carbons (Fsp3) is 0.538. The molecule has 1 aromatic rings. The first kappa shape index (κ1) is 10.8. The summed E-state index contributed by atoms with van der Waals surface area (Å²) >= 11 is 6.15. The number of aryl methyl sites for hydroxylation is 1. The zero-order valence-electron chi connectivity index (χ0n) is 9.82. The Balaban J connectivity index is 2.51. The van der Waals surface area contributed by atoms with E-state index >= 15 is 0 Å². The molecule has 0 bridgehead atoms. The third-order valence-electron chi connectivity index (χ3n) is 3.15. The third-order valence-corrected chi connectivity index (χ3v) is 3.56. The summed E-state index contributed by atoms with van der Waals surface area (Å²) in [6, 6.07) is 4.27. The molecule has 0 fully saturated rings. The van der Waals surface area contributed by atoms with E-state index in [0.717, 1.165) is 17.0 Å². The predicted octanol–water partition coefficient (Wildman–Crippen LogP) is 4.35. The fourth-order valence-electron chi connectivity index (χ4n) is 2.50. The van der Waals surface area contributed by atoms with Crippen molar-refractivity contribution in [3.63, 3.8) is 0 Å². The predicted molar refractivity (Wildman–Crippen MR) is 66.9 cm³/mol. The molecule has 1 unspecified atom stereocenters. The summed E-state index contributed by atoms with van der Waals surface area (Å²) in [7, 11) is 0. The number of halogens is 1. The van der Waals surface area contributed by atoms with E-state index in [1.54, 1.807) is 0 Å². The molecule has 0 spiro atoms. The minimum atomic E-state index is 0.187. The fourth-order valence-corrected chi connectivity index (χ4v) is 2.68. The van der Waals surface area contributed by atoms with Crippen molar-refractivity contribution in [2.75, 3.05) is 5.32 Å². The number of anilines is 1. The first-order chi connectivity index (χ1) is 6.89. The first-order valence-corrected chi connectivity index (χ1v) is 5.85. The molecule has 1 heterocycles. The molecular formula is C13H18ClN.